The lowest BCUT2D eigenvalue weighted by Crippen LogP contribution is -2.31. The number of carbonyl (C=O) groups excluding carboxylic acids is 3. The summed E-state index contributed by atoms with van der Waals surface area (Å²) in [5, 5.41) is 0.694. The van der Waals surface area contributed by atoms with Gasteiger partial charge < -0.3 is 14.2 Å². The molecule has 0 spiro atoms. The Hall–Kier alpha value is -3.09. The summed E-state index contributed by atoms with van der Waals surface area (Å²) >= 11 is 0. The molecule has 1 saturated heterocycles. The summed E-state index contributed by atoms with van der Waals surface area (Å²) in [7, 11) is 1.27. The Morgan fingerprint density at radius 2 is 1.94 bits per heavy atom. The first kappa shape index (κ1) is 24.6. The van der Waals surface area contributed by atoms with Gasteiger partial charge in [-0.3, -0.25) is 4.79 Å². The maximum atomic E-state index is 12.8. The molecule has 1 aromatic carbocycles. The lowest BCUT2D eigenvalue weighted by Gasteiger charge is -2.24. The second kappa shape index (κ2) is 9.04. The van der Waals surface area contributed by atoms with Gasteiger partial charge in [-0.15, -0.1) is 0 Å². The molecule has 1 saturated carbocycles. The highest BCUT2D eigenvalue weighted by Crippen LogP contribution is 2.52. The van der Waals surface area contributed by atoms with E-state index in [0.29, 0.717) is 30.4 Å². The Morgan fingerprint density at radius 1 is 1.24 bits per heavy atom. The number of rotatable bonds is 3. The van der Waals surface area contributed by atoms with Crippen LogP contribution in [0.3, 0.4) is 0 Å². The van der Waals surface area contributed by atoms with Gasteiger partial charge in [0.1, 0.15) is 11.3 Å². The van der Waals surface area contributed by atoms with Crippen LogP contribution in [-0.2, 0) is 25.4 Å². The zero-order chi connectivity index (χ0) is 24.6. The standard InChI is InChI=1S/C24H27NO6.C2H6/c1-14-8-17-13-30-21(27)24(17,11-14)12-15-6-7-18-16(9-15)10-19(20(26)29-5)25(18)22(28)31-23(2,3)4;1-2/h6-7,9-10,17H,1,8,11-13H2,2-5H3;1-2H3. The number of aromatic nitrogens is 1. The third kappa shape index (κ3) is 4.54. The molecule has 2 aromatic rings. The molecule has 2 fully saturated rings. The van der Waals surface area contributed by atoms with Crippen molar-refractivity contribution >= 4 is 28.9 Å². The molecule has 178 valence electrons. The normalized spacial score (nSPS) is 21.8. The molecule has 2 unspecified atom stereocenters. The fourth-order valence-electron chi connectivity index (χ4n) is 4.76. The van der Waals surface area contributed by atoms with Crippen LogP contribution in [0, 0.1) is 11.3 Å². The number of hydrogen-bond donors (Lipinski definition) is 0. The van der Waals surface area contributed by atoms with Gasteiger partial charge in [0, 0.05) is 11.3 Å². The van der Waals surface area contributed by atoms with Crippen LogP contribution in [-0.4, -0.2) is 41.9 Å². The second-order valence-electron chi connectivity index (χ2n) is 9.49. The van der Waals surface area contributed by atoms with Crippen molar-refractivity contribution in [3.05, 3.63) is 47.7 Å². The number of benzene rings is 1. The molecule has 2 heterocycles. The number of ether oxygens (including phenoxy) is 3. The summed E-state index contributed by atoms with van der Waals surface area (Å²) < 4.78 is 17.0. The molecule has 33 heavy (non-hydrogen) atoms. The van der Waals surface area contributed by atoms with Crippen LogP contribution >= 0.6 is 0 Å². The summed E-state index contributed by atoms with van der Waals surface area (Å²) in [6, 6.07) is 7.17. The molecule has 1 aliphatic carbocycles. The number of allylic oxidation sites excluding steroid dienone is 1. The predicted molar refractivity (Wildman–Crippen MR) is 125 cm³/mol. The van der Waals surface area contributed by atoms with Gasteiger partial charge in [-0.25, -0.2) is 14.2 Å². The van der Waals surface area contributed by atoms with Gasteiger partial charge in [0.2, 0.25) is 0 Å². The SMILES string of the molecule is C=C1CC2COC(=O)C2(Cc2ccc3c(c2)cc(C(=O)OC)n3C(=O)OC(C)(C)C)C1.CC. The fraction of sp³-hybridized carbons (Fsp3) is 0.500. The highest BCUT2D eigenvalue weighted by Gasteiger charge is 2.55. The summed E-state index contributed by atoms with van der Waals surface area (Å²) in [4.78, 5) is 37.8. The van der Waals surface area contributed by atoms with Gasteiger partial charge in [0.25, 0.3) is 0 Å². The van der Waals surface area contributed by atoms with Crippen LogP contribution in [0.2, 0.25) is 0 Å². The van der Waals surface area contributed by atoms with Gasteiger partial charge in [-0.1, -0.05) is 32.1 Å². The molecular weight excluding hydrogens is 422 g/mol. The fourth-order valence-corrected chi connectivity index (χ4v) is 4.76. The number of carbonyl (C=O) groups is 3. The second-order valence-corrected chi connectivity index (χ2v) is 9.49. The van der Waals surface area contributed by atoms with Gasteiger partial charge in [-0.05, 0) is 63.8 Å². The highest BCUT2D eigenvalue weighted by molar-refractivity contribution is 6.01. The van der Waals surface area contributed by atoms with E-state index < -0.39 is 23.1 Å². The van der Waals surface area contributed by atoms with Crippen LogP contribution < -0.4 is 0 Å². The van der Waals surface area contributed by atoms with Crippen molar-refractivity contribution < 1.29 is 28.6 Å². The Bertz CT molecular complexity index is 1110. The molecule has 2 atom stereocenters. The molecule has 4 rings (SSSR count). The third-order valence-corrected chi connectivity index (χ3v) is 6.06. The van der Waals surface area contributed by atoms with Crippen molar-refractivity contribution in [2.45, 2.75) is 59.5 Å². The van der Waals surface area contributed by atoms with Crippen molar-refractivity contribution in [2.75, 3.05) is 13.7 Å². The molecule has 2 aliphatic rings. The van der Waals surface area contributed by atoms with E-state index in [0.717, 1.165) is 17.6 Å². The zero-order valence-electron chi connectivity index (χ0n) is 20.3. The summed E-state index contributed by atoms with van der Waals surface area (Å²) in [6.45, 7) is 13.8. The van der Waals surface area contributed by atoms with Crippen LogP contribution in [0.4, 0.5) is 4.79 Å². The summed E-state index contributed by atoms with van der Waals surface area (Å²) in [6.07, 6.45) is 1.30. The van der Waals surface area contributed by atoms with Crippen molar-refractivity contribution in [2.24, 2.45) is 11.3 Å². The Kier molecular flexibility index (Phi) is 6.73. The molecule has 0 bridgehead atoms. The van der Waals surface area contributed by atoms with E-state index in [1.54, 1.807) is 32.9 Å². The van der Waals surface area contributed by atoms with Crippen LogP contribution in [0.25, 0.3) is 10.9 Å². The average Bonchev–Trinajstić information content (AvgIpc) is 3.37. The summed E-state index contributed by atoms with van der Waals surface area (Å²) in [5.74, 6) is -0.660. The van der Waals surface area contributed by atoms with E-state index in [2.05, 4.69) is 6.58 Å². The first-order chi connectivity index (χ1) is 15.5. The number of fused-ring (bicyclic) bond motifs is 2. The largest absolute Gasteiger partial charge is 0.465 e. The quantitative estimate of drug-likeness (QED) is 0.355. The number of nitrogens with zero attached hydrogens (tertiary/aromatic N) is 1. The van der Waals surface area contributed by atoms with Crippen LogP contribution in [0.15, 0.2) is 36.4 Å². The van der Waals surface area contributed by atoms with E-state index in [9.17, 15) is 14.4 Å². The molecule has 0 amide bonds. The average molecular weight is 456 g/mol. The first-order valence-electron chi connectivity index (χ1n) is 11.3. The van der Waals surface area contributed by atoms with E-state index in [-0.39, 0.29) is 17.6 Å². The van der Waals surface area contributed by atoms with Gasteiger partial charge in [0.05, 0.1) is 24.6 Å². The zero-order valence-corrected chi connectivity index (χ0v) is 20.3. The van der Waals surface area contributed by atoms with Crippen LogP contribution in [0.5, 0.6) is 0 Å². The molecule has 1 aliphatic heterocycles. The summed E-state index contributed by atoms with van der Waals surface area (Å²) in [5.41, 5.74) is 1.34. The molecule has 1 aromatic heterocycles. The molecule has 7 heteroatoms. The minimum atomic E-state index is -0.719. The van der Waals surface area contributed by atoms with E-state index in [1.807, 2.05) is 26.0 Å². The molecular formula is C26H33NO6. The van der Waals surface area contributed by atoms with Gasteiger partial charge in [-0.2, -0.15) is 0 Å². The highest BCUT2D eigenvalue weighted by atomic mass is 16.6. The number of cyclic esters (lactones) is 1. The van der Waals surface area contributed by atoms with Crippen molar-refractivity contribution in [3.8, 4) is 0 Å². The maximum absolute atomic E-state index is 12.8. The lowest BCUT2D eigenvalue weighted by molar-refractivity contribution is -0.146. The Morgan fingerprint density at radius 3 is 2.58 bits per heavy atom. The molecule has 0 N–H and O–H groups in total. The minimum absolute atomic E-state index is 0.0921. The van der Waals surface area contributed by atoms with E-state index in [1.165, 1.54) is 11.7 Å². The third-order valence-electron chi connectivity index (χ3n) is 6.06. The lowest BCUT2D eigenvalue weighted by atomic mass is 9.75. The predicted octanol–water partition coefficient (Wildman–Crippen LogP) is 5.29. The topological polar surface area (TPSA) is 83.8 Å². The van der Waals surface area contributed by atoms with Crippen molar-refractivity contribution in [1.82, 2.24) is 4.57 Å². The van der Waals surface area contributed by atoms with Crippen molar-refractivity contribution in [3.63, 3.8) is 0 Å². The number of methoxy groups -OCH3 is 1. The Balaban J connectivity index is 0.00000149. The monoisotopic (exact) mass is 455 g/mol. The van der Waals surface area contributed by atoms with E-state index in [4.69, 9.17) is 14.2 Å². The smallest absolute Gasteiger partial charge is 0.419 e. The van der Waals surface area contributed by atoms with Gasteiger partial charge in [0.15, 0.2) is 0 Å². The van der Waals surface area contributed by atoms with E-state index >= 15 is 0 Å². The molecule has 7 nitrogen and oxygen atoms in total. The maximum Gasteiger partial charge on any atom is 0.419 e. The Labute approximate surface area is 194 Å². The van der Waals surface area contributed by atoms with Crippen molar-refractivity contribution in [1.29, 1.82) is 0 Å². The molecule has 0 radical (unpaired) electrons. The van der Waals surface area contributed by atoms with Crippen LogP contribution in [0.1, 0.15) is 63.5 Å². The van der Waals surface area contributed by atoms with Gasteiger partial charge >= 0.3 is 18.0 Å². The minimum Gasteiger partial charge on any atom is -0.465 e. The number of esters is 2. The number of hydrogen-bond acceptors (Lipinski definition) is 6. The first-order valence-corrected chi connectivity index (χ1v) is 11.3.